The smallest absolute Gasteiger partial charge is 0.301 e. The minimum atomic E-state index is -3.72. The van der Waals surface area contributed by atoms with E-state index in [4.69, 9.17) is 9.72 Å². The van der Waals surface area contributed by atoms with Crippen LogP contribution in [-0.4, -0.2) is 51.7 Å². The van der Waals surface area contributed by atoms with Crippen molar-refractivity contribution in [1.29, 1.82) is 0 Å². The van der Waals surface area contributed by atoms with E-state index in [1.165, 1.54) is 12.1 Å². The number of aromatic nitrogens is 3. The molecule has 2 aromatic heterocycles. The van der Waals surface area contributed by atoms with Crippen molar-refractivity contribution in [2.45, 2.75) is 70.8 Å². The molecule has 0 amide bonds. The number of aliphatic hydroxyl groups is 1. The number of fused-ring (bicyclic) bond motifs is 3. The van der Waals surface area contributed by atoms with E-state index in [0.717, 1.165) is 55.7 Å². The van der Waals surface area contributed by atoms with Crippen molar-refractivity contribution in [3.63, 3.8) is 0 Å². The van der Waals surface area contributed by atoms with Gasteiger partial charge >= 0.3 is 5.92 Å². The van der Waals surface area contributed by atoms with E-state index in [1.54, 1.807) is 6.92 Å². The van der Waals surface area contributed by atoms with Gasteiger partial charge in [0.15, 0.2) is 5.82 Å². The zero-order valence-corrected chi connectivity index (χ0v) is 20.7. The highest BCUT2D eigenvalue weighted by molar-refractivity contribution is 5.93. The third kappa shape index (κ3) is 4.26. The number of morpholine rings is 1. The van der Waals surface area contributed by atoms with E-state index in [1.807, 2.05) is 19.9 Å². The molecule has 2 fully saturated rings. The largest absolute Gasteiger partial charge is 0.387 e. The molecule has 5 rings (SSSR count). The number of halogens is 3. The van der Waals surface area contributed by atoms with Crippen molar-refractivity contribution in [3.05, 3.63) is 52.6 Å². The van der Waals surface area contributed by atoms with Crippen molar-refractivity contribution in [2.24, 2.45) is 0 Å². The first-order chi connectivity index (χ1) is 17.1. The van der Waals surface area contributed by atoms with Crippen molar-refractivity contribution in [2.75, 3.05) is 23.3 Å². The van der Waals surface area contributed by atoms with E-state index in [2.05, 4.69) is 20.4 Å². The fourth-order valence-electron chi connectivity index (χ4n) is 5.17. The molecule has 3 aromatic rings. The summed E-state index contributed by atoms with van der Waals surface area (Å²) in [6, 6.07) is 5.10. The highest BCUT2D eigenvalue weighted by Crippen LogP contribution is 2.37. The van der Waals surface area contributed by atoms with Crippen LogP contribution in [-0.2, 0) is 10.7 Å². The molecule has 7 nitrogen and oxygen atoms in total. The van der Waals surface area contributed by atoms with Gasteiger partial charge in [0.05, 0.1) is 46.4 Å². The van der Waals surface area contributed by atoms with Crippen molar-refractivity contribution in [1.82, 2.24) is 15.2 Å². The fraction of sp³-hybridized carbons (Fsp3) is 0.500. The van der Waals surface area contributed by atoms with Gasteiger partial charge in [0.2, 0.25) is 0 Å². The van der Waals surface area contributed by atoms with Crippen LogP contribution in [0.1, 0.15) is 55.2 Å². The highest BCUT2D eigenvalue weighted by Gasteiger charge is 2.41. The Labute approximate surface area is 207 Å². The molecule has 1 aromatic carbocycles. The van der Waals surface area contributed by atoms with Crippen LogP contribution in [0.4, 0.5) is 24.7 Å². The summed E-state index contributed by atoms with van der Waals surface area (Å²) in [5, 5.41) is 21.9. The van der Waals surface area contributed by atoms with Crippen LogP contribution in [0.5, 0.6) is 0 Å². The first-order valence-corrected chi connectivity index (χ1v) is 12.2. The number of nitrogens with one attached hydrogen (secondary N) is 1. The van der Waals surface area contributed by atoms with Crippen LogP contribution >= 0.6 is 0 Å². The molecule has 4 heterocycles. The Morgan fingerprint density at radius 2 is 1.81 bits per heavy atom. The molecule has 2 aliphatic rings. The molecular formula is C26H30F3N5O2. The SMILES string of the molecule is Cc1nc2c(C)nnc(N[C@H](C)c3cccc(C(F)(F)C(C)O)c3F)c2cc1N1CC2CCC(C1)O2. The van der Waals surface area contributed by atoms with E-state index in [0.29, 0.717) is 17.0 Å². The minimum Gasteiger partial charge on any atom is -0.387 e. The van der Waals surface area contributed by atoms with Crippen LogP contribution in [0.25, 0.3) is 10.9 Å². The summed E-state index contributed by atoms with van der Waals surface area (Å²) in [5.41, 5.74) is 2.38. The molecule has 36 heavy (non-hydrogen) atoms. The van der Waals surface area contributed by atoms with E-state index >= 15 is 4.39 Å². The number of pyridine rings is 1. The van der Waals surface area contributed by atoms with Crippen LogP contribution in [0.3, 0.4) is 0 Å². The molecule has 0 spiro atoms. The van der Waals surface area contributed by atoms with Gasteiger partial charge in [-0.1, -0.05) is 12.1 Å². The van der Waals surface area contributed by atoms with Gasteiger partial charge < -0.3 is 20.1 Å². The number of hydrogen-bond acceptors (Lipinski definition) is 7. The molecule has 0 radical (unpaired) electrons. The van der Waals surface area contributed by atoms with Crippen molar-refractivity contribution >= 4 is 22.4 Å². The summed E-state index contributed by atoms with van der Waals surface area (Å²) >= 11 is 0. The number of ether oxygens (including phenoxy) is 1. The van der Waals surface area contributed by atoms with E-state index in [9.17, 15) is 13.9 Å². The Morgan fingerprint density at radius 3 is 2.47 bits per heavy atom. The van der Waals surface area contributed by atoms with Gasteiger partial charge in [0.1, 0.15) is 11.9 Å². The number of hydrogen-bond donors (Lipinski definition) is 2. The van der Waals surface area contributed by atoms with Gasteiger partial charge in [0, 0.05) is 24.0 Å². The lowest BCUT2D eigenvalue weighted by Gasteiger charge is -2.34. The molecule has 4 atom stereocenters. The number of aryl methyl sites for hydroxylation is 2. The molecule has 192 valence electrons. The summed E-state index contributed by atoms with van der Waals surface area (Å²) < 4.78 is 50.0. The van der Waals surface area contributed by atoms with Crippen LogP contribution < -0.4 is 10.2 Å². The normalized spacial score (nSPS) is 21.6. The third-order valence-corrected chi connectivity index (χ3v) is 7.20. The molecule has 0 aliphatic carbocycles. The monoisotopic (exact) mass is 501 g/mol. The van der Waals surface area contributed by atoms with Crippen molar-refractivity contribution in [3.8, 4) is 0 Å². The molecule has 3 unspecified atom stereocenters. The third-order valence-electron chi connectivity index (χ3n) is 7.20. The Morgan fingerprint density at radius 1 is 1.11 bits per heavy atom. The molecular weight excluding hydrogens is 471 g/mol. The van der Waals surface area contributed by atoms with Crippen LogP contribution in [0.15, 0.2) is 24.3 Å². The zero-order chi connectivity index (χ0) is 25.8. The van der Waals surface area contributed by atoms with Crippen LogP contribution in [0, 0.1) is 19.7 Å². The van der Waals surface area contributed by atoms with Gasteiger partial charge in [-0.25, -0.2) is 9.37 Å². The van der Waals surface area contributed by atoms with Gasteiger partial charge in [-0.2, -0.15) is 13.9 Å². The number of alkyl halides is 2. The molecule has 2 saturated heterocycles. The molecule has 2 N–H and O–H groups in total. The predicted octanol–water partition coefficient (Wildman–Crippen LogP) is 4.79. The van der Waals surface area contributed by atoms with E-state index in [-0.39, 0.29) is 17.8 Å². The lowest BCUT2D eigenvalue weighted by Crippen LogP contribution is -2.43. The van der Waals surface area contributed by atoms with Gasteiger partial charge in [-0.15, -0.1) is 5.10 Å². The fourth-order valence-corrected chi connectivity index (χ4v) is 5.17. The minimum absolute atomic E-state index is 0.0356. The second kappa shape index (κ2) is 9.15. The highest BCUT2D eigenvalue weighted by atomic mass is 19.3. The van der Waals surface area contributed by atoms with Gasteiger partial charge in [-0.3, -0.25) is 0 Å². The van der Waals surface area contributed by atoms with E-state index < -0.39 is 29.4 Å². The maximum absolute atomic E-state index is 15.2. The maximum Gasteiger partial charge on any atom is 0.301 e. The second-order valence-electron chi connectivity index (χ2n) is 9.86. The first kappa shape index (κ1) is 24.7. The lowest BCUT2D eigenvalue weighted by molar-refractivity contribution is -0.108. The quantitative estimate of drug-likeness (QED) is 0.502. The summed E-state index contributed by atoms with van der Waals surface area (Å²) in [7, 11) is 0. The number of nitrogens with zero attached hydrogens (tertiary/aromatic N) is 4. The van der Waals surface area contributed by atoms with Crippen molar-refractivity contribution < 1.29 is 23.0 Å². The number of aliphatic hydroxyl groups excluding tert-OH is 1. The predicted molar refractivity (Wildman–Crippen MR) is 131 cm³/mol. The van der Waals surface area contributed by atoms with Crippen LogP contribution in [0.2, 0.25) is 0 Å². The molecule has 2 bridgehead atoms. The number of anilines is 2. The average Bonchev–Trinajstić information content (AvgIpc) is 3.17. The molecule has 0 saturated carbocycles. The Bertz CT molecular complexity index is 1290. The van der Waals surface area contributed by atoms with Gasteiger partial charge in [0.25, 0.3) is 0 Å². The lowest BCUT2D eigenvalue weighted by atomic mass is 9.97. The number of rotatable bonds is 6. The Kier molecular flexibility index (Phi) is 6.28. The van der Waals surface area contributed by atoms with Gasteiger partial charge in [-0.05, 0) is 52.7 Å². The topological polar surface area (TPSA) is 83.4 Å². The Balaban J connectivity index is 1.51. The summed E-state index contributed by atoms with van der Waals surface area (Å²) in [4.78, 5) is 7.11. The maximum atomic E-state index is 15.2. The summed E-state index contributed by atoms with van der Waals surface area (Å²) in [5.74, 6) is -4.39. The summed E-state index contributed by atoms with van der Waals surface area (Å²) in [6.07, 6.45) is 0.497. The molecule has 2 aliphatic heterocycles. The first-order valence-electron chi connectivity index (χ1n) is 12.2. The zero-order valence-electron chi connectivity index (χ0n) is 20.7. The average molecular weight is 502 g/mol. The second-order valence-corrected chi connectivity index (χ2v) is 9.86. The number of benzene rings is 1. The standard InChI is InChI=1S/C26H30F3N5O2/c1-13(19-6-5-7-21(23(19)27)26(28,29)16(4)35)31-25-20-10-22(14(2)30-24(20)15(3)32-33-25)34-11-17-8-9-18(12-34)36-17/h5-7,10,13,16-18,35H,8-9,11-12H2,1-4H3,(H,31,33)/t13-,16?,17?,18?/m1/s1. The molecule has 10 heteroatoms. The Hall–Kier alpha value is -2.98. The summed E-state index contributed by atoms with van der Waals surface area (Å²) in [6.45, 7) is 7.97.